The van der Waals surface area contributed by atoms with Gasteiger partial charge in [0.25, 0.3) is 6.43 Å². The molecule has 1 fully saturated rings. The van der Waals surface area contributed by atoms with Crippen molar-refractivity contribution in [1.82, 2.24) is 19.7 Å². The van der Waals surface area contributed by atoms with Gasteiger partial charge in [-0.2, -0.15) is 5.10 Å². The number of hydrogen-bond donors (Lipinski definition) is 1. The average Bonchev–Trinajstić information content (AvgIpc) is 3.40. The van der Waals surface area contributed by atoms with Crippen LogP contribution in [0.1, 0.15) is 18.4 Å². The molecule has 1 aliphatic carbocycles. The Morgan fingerprint density at radius 2 is 1.91 bits per heavy atom. The number of aliphatic hydroxyl groups is 1. The Balaban J connectivity index is 1.75. The third kappa shape index (κ3) is 3.48. The standard InChI is InChI=1S/C23H19F3N4O2/c1-32-19-9-18-15(8-17(19)23(31)6-7-23)21(28-12-27-18)16-10-29-30(11-20(25)26)22(16)13-2-4-14(24)5-3-13/h2-5,8-10,12,20,31H,6-7,11H2,1H3. The minimum Gasteiger partial charge on any atom is -0.496 e. The minimum absolute atomic E-state index is 0.396. The molecule has 9 heteroatoms. The molecule has 0 spiro atoms. The third-order valence-electron chi connectivity index (χ3n) is 5.70. The monoisotopic (exact) mass is 440 g/mol. The second kappa shape index (κ2) is 7.59. The van der Waals surface area contributed by atoms with Crippen LogP contribution in [0, 0.1) is 5.82 Å². The number of alkyl halides is 2. The lowest BCUT2D eigenvalue weighted by molar-refractivity contribution is 0.122. The van der Waals surface area contributed by atoms with Gasteiger partial charge < -0.3 is 9.84 Å². The van der Waals surface area contributed by atoms with Gasteiger partial charge in [0.1, 0.15) is 24.4 Å². The molecule has 1 saturated carbocycles. The number of aromatic nitrogens is 4. The predicted molar refractivity (Wildman–Crippen MR) is 112 cm³/mol. The lowest BCUT2D eigenvalue weighted by Crippen LogP contribution is -2.10. The summed E-state index contributed by atoms with van der Waals surface area (Å²) in [6.45, 7) is -0.617. The molecule has 6 nitrogen and oxygen atoms in total. The lowest BCUT2D eigenvalue weighted by Gasteiger charge is -2.16. The van der Waals surface area contributed by atoms with Crippen LogP contribution < -0.4 is 4.74 Å². The summed E-state index contributed by atoms with van der Waals surface area (Å²) in [5.74, 6) is 0.0893. The molecule has 0 radical (unpaired) electrons. The summed E-state index contributed by atoms with van der Waals surface area (Å²) in [7, 11) is 1.53. The molecule has 2 aromatic heterocycles. The van der Waals surface area contributed by atoms with Crippen molar-refractivity contribution >= 4 is 10.9 Å². The zero-order valence-electron chi connectivity index (χ0n) is 17.1. The van der Waals surface area contributed by atoms with Crippen molar-refractivity contribution in [2.45, 2.75) is 31.4 Å². The van der Waals surface area contributed by atoms with Gasteiger partial charge in [0, 0.05) is 28.1 Å². The van der Waals surface area contributed by atoms with Gasteiger partial charge in [0.05, 0.1) is 35.8 Å². The molecule has 0 saturated heterocycles. The summed E-state index contributed by atoms with van der Waals surface area (Å²) in [6.07, 6.45) is 1.46. The molecule has 2 aromatic carbocycles. The van der Waals surface area contributed by atoms with Gasteiger partial charge in [-0.1, -0.05) is 0 Å². The fourth-order valence-corrected chi connectivity index (χ4v) is 3.96. The molecule has 5 rings (SSSR count). The fraction of sp³-hybridized carbons (Fsp3) is 0.261. The minimum atomic E-state index is -2.62. The largest absolute Gasteiger partial charge is 0.496 e. The number of ether oxygens (including phenoxy) is 1. The highest BCUT2D eigenvalue weighted by Gasteiger charge is 2.44. The SMILES string of the molecule is COc1cc2ncnc(-c3cnn(CC(F)F)c3-c3ccc(F)cc3)c2cc1C1(O)CC1. The van der Waals surface area contributed by atoms with Crippen LogP contribution in [-0.4, -0.2) is 38.4 Å². The Labute approximate surface area is 181 Å². The van der Waals surface area contributed by atoms with Crippen molar-refractivity contribution in [1.29, 1.82) is 0 Å². The molecule has 4 aromatic rings. The Morgan fingerprint density at radius 1 is 1.16 bits per heavy atom. The Hall–Kier alpha value is -3.46. The number of nitrogens with zero attached hydrogens (tertiary/aromatic N) is 4. The van der Waals surface area contributed by atoms with Gasteiger partial charge >= 0.3 is 0 Å². The van der Waals surface area contributed by atoms with Crippen molar-refractivity contribution in [3.05, 3.63) is 60.3 Å². The van der Waals surface area contributed by atoms with Crippen molar-refractivity contribution in [3.63, 3.8) is 0 Å². The number of fused-ring (bicyclic) bond motifs is 1. The second-order valence-corrected chi connectivity index (χ2v) is 7.81. The quantitative estimate of drug-likeness (QED) is 0.476. The van der Waals surface area contributed by atoms with Crippen molar-refractivity contribution < 1.29 is 23.0 Å². The van der Waals surface area contributed by atoms with Crippen LogP contribution in [0.2, 0.25) is 0 Å². The molecule has 0 bridgehead atoms. The number of benzene rings is 2. The van der Waals surface area contributed by atoms with Crippen LogP contribution >= 0.6 is 0 Å². The molecule has 0 unspecified atom stereocenters. The Morgan fingerprint density at radius 3 is 2.56 bits per heavy atom. The highest BCUT2D eigenvalue weighted by Crippen LogP contribution is 2.50. The molecule has 1 N–H and O–H groups in total. The van der Waals surface area contributed by atoms with E-state index in [4.69, 9.17) is 4.74 Å². The van der Waals surface area contributed by atoms with Gasteiger partial charge in [-0.3, -0.25) is 4.68 Å². The molecule has 1 aliphatic rings. The predicted octanol–water partition coefficient (Wildman–Crippen LogP) is 4.55. The highest BCUT2D eigenvalue weighted by atomic mass is 19.3. The normalized spacial score (nSPS) is 14.8. The van der Waals surface area contributed by atoms with Crippen LogP contribution in [0.15, 0.2) is 48.9 Å². The van der Waals surface area contributed by atoms with E-state index >= 15 is 0 Å². The Kier molecular flexibility index (Phi) is 4.85. The van der Waals surface area contributed by atoms with Crippen molar-refractivity contribution in [2.75, 3.05) is 7.11 Å². The van der Waals surface area contributed by atoms with Gasteiger partial charge in [0.2, 0.25) is 0 Å². The smallest absolute Gasteiger partial charge is 0.257 e. The van der Waals surface area contributed by atoms with E-state index in [0.29, 0.717) is 57.6 Å². The van der Waals surface area contributed by atoms with E-state index in [2.05, 4.69) is 15.1 Å². The zero-order chi connectivity index (χ0) is 22.5. The molecule has 32 heavy (non-hydrogen) atoms. The third-order valence-corrected chi connectivity index (χ3v) is 5.70. The summed E-state index contributed by atoms with van der Waals surface area (Å²) in [6, 6.07) is 9.08. The molecule has 0 atom stereocenters. The molecular weight excluding hydrogens is 421 g/mol. The van der Waals surface area contributed by atoms with Crippen LogP contribution in [-0.2, 0) is 12.1 Å². The van der Waals surface area contributed by atoms with E-state index in [9.17, 15) is 18.3 Å². The van der Waals surface area contributed by atoms with Gasteiger partial charge in [-0.05, 0) is 43.2 Å². The lowest BCUT2D eigenvalue weighted by atomic mass is 9.98. The van der Waals surface area contributed by atoms with Crippen LogP contribution in [0.5, 0.6) is 5.75 Å². The maximum Gasteiger partial charge on any atom is 0.257 e. The first-order chi connectivity index (χ1) is 15.4. The molecule has 164 valence electrons. The van der Waals surface area contributed by atoms with Crippen LogP contribution in [0.3, 0.4) is 0 Å². The summed E-state index contributed by atoms with van der Waals surface area (Å²) in [4.78, 5) is 8.74. The van der Waals surface area contributed by atoms with E-state index in [1.54, 1.807) is 12.1 Å². The fourth-order valence-electron chi connectivity index (χ4n) is 3.96. The summed E-state index contributed by atoms with van der Waals surface area (Å²) >= 11 is 0. The second-order valence-electron chi connectivity index (χ2n) is 7.81. The van der Waals surface area contributed by atoms with Crippen LogP contribution in [0.25, 0.3) is 33.4 Å². The van der Waals surface area contributed by atoms with E-state index in [1.165, 1.54) is 48.6 Å². The van der Waals surface area contributed by atoms with Gasteiger partial charge in [-0.15, -0.1) is 0 Å². The maximum absolute atomic E-state index is 13.5. The van der Waals surface area contributed by atoms with E-state index in [0.717, 1.165) is 0 Å². The first kappa shape index (κ1) is 20.4. The Bertz CT molecular complexity index is 1300. The number of halogens is 3. The topological polar surface area (TPSA) is 73.1 Å². The molecular formula is C23H19F3N4O2. The maximum atomic E-state index is 13.5. The van der Waals surface area contributed by atoms with Crippen molar-refractivity contribution in [3.8, 4) is 28.3 Å². The number of hydrogen-bond acceptors (Lipinski definition) is 5. The first-order valence-corrected chi connectivity index (χ1v) is 10.1. The van der Waals surface area contributed by atoms with E-state index < -0.39 is 24.4 Å². The first-order valence-electron chi connectivity index (χ1n) is 10.1. The van der Waals surface area contributed by atoms with Crippen molar-refractivity contribution in [2.24, 2.45) is 0 Å². The van der Waals surface area contributed by atoms with E-state index in [1.807, 2.05) is 0 Å². The summed E-state index contributed by atoms with van der Waals surface area (Å²) in [5.41, 5.74) is 2.14. The average molecular weight is 440 g/mol. The highest BCUT2D eigenvalue weighted by molar-refractivity contribution is 5.97. The summed E-state index contributed by atoms with van der Waals surface area (Å²) in [5, 5.41) is 15.5. The van der Waals surface area contributed by atoms with Crippen LogP contribution in [0.4, 0.5) is 13.2 Å². The molecule has 0 amide bonds. The van der Waals surface area contributed by atoms with E-state index in [-0.39, 0.29) is 0 Å². The molecule has 2 heterocycles. The molecule has 0 aliphatic heterocycles. The zero-order valence-corrected chi connectivity index (χ0v) is 17.1. The van der Waals surface area contributed by atoms with Gasteiger partial charge in [-0.25, -0.2) is 23.1 Å². The summed E-state index contributed by atoms with van der Waals surface area (Å²) < 4.78 is 46.6. The number of methoxy groups -OCH3 is 1. The van der Waals surface area contributed by atoms with Gasteiger partial charge in [0.15, 0.2) is 0 Å². The number of rotatable bonds is 6.